The molecule has 4 rings (SSSR count). The number of hydrogen-bond donors (Lipinski definition) is 5. The number of nitrogen functional groups attached to an aromatic ring is 1. The van der Waals surface area contributed by atoms with E-state index in [-0.39, 0.29) is 17.7 Å². The number of benzene rings is 2. The minimum atomic E-state index is -1.55. The van der Waals surface area contributed by atoms with Crippen LogP contribution in [0.5, 0.6) is 0 Å². The lowest BCUT2D eigenvalue weighted by Crippen LogP contribution is -2.54. The van der Waals surface area contributed by atoms with E-state index in [0.29, 0.717) is 53.7 Å². The molecule has 0 aromatic heterocycles. The maximum Gasteiger partial charge on any atom is 0.239 e. The molecule has 2 aromatic rings. The van der Waals surface area contributed by atoms with Crippen molar-refractivity contribution < 1.29 is 14.3 Å². The van der Waals surface area contributed by atoms with E-state index in [1.165, 1.54) is 12.4 Å². The summed E-state index contributed by atoms with van der Waals surface area (Å²) in [5, 5.41) is 9.48. The molecule has 0 saturated carbocycles. The van der Waals surface area contributed by atoms with Crippen LogP contribution < -0.4 is 27.4 Å². The quantitative estimate of drug-likeness (QED) is 0.217. The van der Waals surface area contributed by atoms with E-state index in [9.17, 15) is 9.59 Å². The third kappa shape index (κ3) is 5.45. The van der Waals surface area contributed by atoms with Crippen molar-refractivity contribution in [3.8, 4) is 0 Å². The van der Waals surface area contributed by atoms with E-state index in [4.69, 9.17) is 27.8 Å². The molecule has 2 aliphatic rings. The predicted molar refractivity (Wildman–Crippen MR) is 134 cm³/mol. The van der Waals surface area contributed by atoms with Crippen LogP contribution in [-0.4, -0.2) is 50.4 Å². The number of carbonyl (C=O) groups excluding carboxylic acids is 2. The molecule has 2 aliphatic heterocycles. The van der Waals surface area contributed by atoms with Crippen LogP contribution in [-0.2, 0) is 26.4 Å². The third-order valence-corrected chi connectivity index (χ3v) is 5.90. The average Bonchev–Trinajstić information content (AvgIpc) is 2.81. The Morgan fingerprint density at radius 3 is 2.91 bits per heavy atom. The van der Waals surface area contributed by atoms with Gasteiger partial charge in [-0.3, -0.25) is 15.3 Å². The van der Waals surface area contributed by atoms with Gasteiger partial charge in [-0.1, -0.05) is 29.8 Å². The summed E-state index contributed by atoms with van der Waals surface area (Å²) in [6.45, 7) is 2.14. The summed E-state index contributed by atoms with van der Waals surface area (Å²) in [5.41, 5.74) is 14.2. The molecule has 34 heavy (non-hydrogen) atoms. The van der Waals surface area contributed by atoms with Gasteiger partial charge in [-0.05, 0) is 47.9 Å². The zero-order chi connectivity index (χ0) is 24.1. The standard InChI is InChI=1S/C24H27ClN6O3/c25-17-9-16(10-18(26)12-17)2-4-22(32)24(27)19-3-1-15(11-20(19)30-14-31-24)5-8-34-13-21-23(33)29-7-6-28-21/h1-4,9-12,14,21,28H,5-8,13,26-27H2,(H,29,33)(H,30,31)/t21-,24?/m0/s1. The summed E-state index contributed by atoms with van der Waals surface area (Å²) in [6.07, 6.45) is 5.07. The lowest BCUT2D eigenvalue weighted by molar-refractivity contribution is -0.126. The van der Waals surface area contributed by atoms with Crippen LogP contribution >= 0.6 is 11.6 Å². The number of fused-ring (bicyclic) bond motifs is 1. The predicted octanol–water partition coefficient (Wildman–Crippen LogP) is 1.42. The van der Waals surface area contributed by atoms with Gasteiger partial charge in [0.05, 0.1) is 19.6 Å². The first-order valence-corrected chi connectivity index (χ1v) is 11.3. The fourth-order valence-electron chi connectivity index (χ4n) is 3.87. The highest BCUT2D eigenvalue weighted by Crippen LogP contribution is 2.32. The Hall–Kier alpha value is -3.24. The molecule has 1 fully saturated rings. The molecule has 2 atom stereocenters. The molecular weight excluding hydrogens is 456 g/mol. The van der Waals surface area contributed by atoms with Gasteiger partial charge in [0, 0.05) is 35.1 Å². The molecule has 0 radical (unpaired) electrons. The summed E-state index contributed by atoms with van der Waals surface area (Å²) < 4.78 is 5.69. The van der Waals surface area contributed by atoms with Crippen molar-refractivity contribution in [3.05, 3.63) is 64.2 Å². The van der Waals surface area contributed by atoms with Crippen molar-refractivity contribution in [1.82, 2.24) is 10.6 Å². The number of nitrogens with two attached hydrogens (primary N) is 2. The molecule has 1 unspecified atom stereocenters. The van der Waals surface area contributed by atoms with E-state index in [2.05, 4.69) is 20.9 Å². The number of anilines is 2. The molecule has 0 spiro atoms. The van der Waals surface area contributed by atoms with Gasteiger partial charge in [0.2, 0.25) is 17.4 Å². The molecule has 0 aliphatic carbocycles. The van der Waals surface area contributed by atoms with Crippen molar-refractivity contribution in [3.63, 3.8) is 0 Å². The second kappa shape index (κ2) is 10.4. The number of ketones is 1. The Labute approximate surface area is 202 Å². The highest BCUT2D eigenvalue weighted by molar-refractivity contribution is 6.31. The zero-order valence-corrected chi connectivity index (χ0v) is 19.3. The molecule has 10 heteroatoms. The van der Waals surface area contributed by atoms with E-state index in [0.717, 1.165) is 12.1 Å². The molecule has 2 aromatic carbocycles. The lowest BCUT2D eigenvalue weighted by atomic mass is 9.91. The van der Waals surface area contributed by atoms with E-state index in [1.807, 2.05) is 12.1 Å². The minimum absolute atomic E-state index is 0.0413. The maximum atomic E-state index is 13.0. The monoisotopic (exact) mass is 482 g/mol. The number of aliphatic imine (C=N–C) groups is 1. The number of hydrogen-bond acceptors (Lipinski definition) is 8. The van der Waals surface area contributed by atoms with Crippen molar-refractivity contribution in [1.29, 1.82) is 0 Å². The Balaban J connectivity index is 1.40. The Morgan fingerprint density at radius 2 is 2.12 bits per heavy atom. The first-order chi connectivity index (χ1) is 16.3. The fourth-order valence-corrected chi connectivity index (χ4v) is 4.13. The first-order valence-electron chi connectivity index (χ1n) is 10.9. The molecule has 9 nitrogen and oxygen atoms in total. The average molecular weight is 483 g/mol. The summed E-state index contributed by atoms with van der Waals surface area (Å²) >= 11 is 6.03. The van der Waals surface area contributed by atoms with Crippen LogP contribution in [0.2, 0.25) is 5.02 Å². The fraction of sp³-hybridized carbons (Fsp3) is 0.292. The highest BCUT2D eigenvalue weighted by atomic mass is 35.5. The molecule has 178 valence electrons. The van der Waals surface area contributed by atoms with Gasteiger partial charge in [-0.15, -0.1) is 0 Å². The molecule has 0 bridgehead atoms. The van der Waals surface area contributed by atoms with Crippen LogP contribution in [0, 0.1) is 0 Å². The number of nitrogens with zero attached hydrogens (tertiary/aromatic N) is 1. The zero-order valence-electron chi connectivity index (χ0n) is 18.5. The van der Waals surface area contributed by atoms with Gasteiger partial charge in [-0.25, -0.2) is 4.99 Å². The van der Waals surface area contributed by atoms with Crippen molar-refractivity contribution in [2.45, 2.75) is 18.1 Å². The molecule has 7 N–H and O–H groups in total. The number of amides is 1. The summed E-state index contributed by atoms with van der Waals surface area (Å²) in [4.78, 5) is 29.0. The first kappa shape index (κ1) is 23.9. The SMILES string of the molecule is Nc1cc(Cl)cc(C=CC(=O)C2(N)N=CNc3cc(CCOC[C@@H]4NCCNC4=O)ccc32)c1. The van der Waals surface area contributed by atoms with E-state index >= 15 is 0 Å². The topological polar surface area (TPSA) is 144 Å². The van der Waals surface area contributed by atoms with Crippen LogP contribution in [0.25, 0.3) is 6.08 Å². The second-order valence-electron chi connectivity index (χ2n) is 8.19. The summed E-state index contributed by atoms with van der Waals surface area (Å²) in [6, 6.07) is 10.3. The van der Waals surface area contributed by atoms with Crippen LogP contribution in [0.4, 0.5) is 11.4 Å². The van der Waals surface area contributed by atoms with Gasteiger partial charge in [0.1, 0.15) is 6.04 Å². The minimum Gasteiger partial charge on any atom is -0.399 e. The number of carbonyl (C=O) groups is 2. The van der Waals surface area contributed by atoms with Gasteiger partial charge in [-0.2, -0.15) is 0 Å². The molecular formula is C24H27ClN6O3. The number of ether oxygens (including phenoxy) is 1. The lowest BCUT2D eigenvalue weighted by Gasteiger charge is -2.29. The Bertz CT molecular complexity index is 1130. The summed E-state index contributed by atoms with van der Waals surface area (Å²) in [7, 11) is 0. The number of nitrogens with one attached hydrogen (secondary N) is 3. The number of rotatable bonds is 8. The van der Waals surface area contributed by atoms with E-state index < -0.39 is 5.66 Å². The summed E-state index contributed by atoms with van der Waals surface area (Å²) in [5.74, 6) is -0.417. The largest absolute Gasteiger partial charge is 0.399 e. The normalized spacial score (nSPS) is 21.7. The van der Waals surface area contributed by atoms with Gasteiger partial charge in [0.25, 0.3) is 0 Å². The smallest absolute Gasteiger partial charge is 0.239 e. The Morgan fingerprint density at radius 1 is 1.26 bits per heavy atom. The highest BCUT2D eigenvalue weighted by Gasteiger charge is 2.37. The van der Waals surface area contributed by atoms with Gasteiger partial charge >= 0.3 is 0 Å². The van der Waals surface area contributed by atoms with Crippen LogP contribution in [0.15, 0.2) is 47.5 Å². The molecule has 2 heterocycles. The van der Waals surface area contributed by atoms with Crippen LogP contribution in [0.3, 0.4) is 0 Å². The van der Waals surface area contributed by atoms with Crippen molar-refractivity contribution in [2.24, 2.45) is 10.7 Å². The maximum absolute atomic E-state index is 13.0. The molecule has 1 amide bonds. The van der Waals surface area contributed by atoms with Gasteiger partial charge in [0.15, 0.2) is 0 Å². The number of piperazine rings is 1. The van der Waals surface area contributed by atoms with Crippen LogP contribution in [0.1, 0.15) is 16.7 Å². The van der Waals surface area contributed by atoms with Crippen molar-refractivity contribution in [2.75, 3.05) is 37.4 Å². The Kier molecular flexibility index (Phi) is 7.28. The molecule has 1 saturated heterocycles. The second-order valence-corrected chi connectivity index (χ2v) is 8.62. The van der Waals surface area contributed by atoms with E-state index in [1.54, 1.807) is 30.3 Å². The van der Waals surface area contributed by atoms with Crippen molar-refractivity contribution >= 4 is 47.1 Å². The number of halogens is 1. The third-order valence-electron chi connectivity index (χ3n) is 5.68. The van der Waals surface area contributed by atoms with Gasteiger partial charge < -0.3 is 26.4 Å².